The zero-order chi connectivity index (χ0) is 22.4. The van der Waals surface area contributed by atoms with Gasteiger partial charge in [-0.1, -0.05) is 18.2 Å². The molecule has 0 spiro atoms. The minimum Gasteiger partial charge on any atom is -0.495 e. The van der Waals surface area contributed by atoms with E-state index in [1.165, 1.54) is 41.8 Å². The minimum absolute atomic E-state index is 0.0409. The van der Waals surface area contributed by atoms with E-state index >= 15 is 0 Å². The summed E-state index contributed by atoms with van der Waals surface area (Å²) < 4.78 is 51.0. The molecule has 1 atom stereocenters. The van der Waals surface area contributed by atoms with Crippen molar-refractivity contribution >= 4 is 22.0 Å². The van der Waals surface area contributed by atoms with E-state index in [2.05, 4.69) is 5.32 Å². The lowest BCUT2D eigenvalue weighted by Gasteiger charge is -2.26. The number of morpholine rings is 1. The molecule has 1 aliphatic rings. The van der Waals surface area contributed by atoms with Crippen molar-refractivity contribution in [3.63, 3.8) is 0 Å². The molecular weight excluding hydrogens is 423 g/mol. The summed E-state index contributed by atoms with van der Waals surface area (Å²) in [5.41, 5.74) is 1.31. The number of ether oxygens (including phenoxy) is 2. The van der Waals surface area contributed by atoms with Gasteiger partial charge in [-0.25, -0.2) is 12.8 Å². The standard InChI is InChI=1S/C22H25FN2O5S/c1-16(18-5-7-19(23)8-6-18)24-22(26)10-4-17-3-9-20(29-2)21(15-17)31(27,28)25-11-13-30-14-12-25/h3-10,15-16H,11-14H2,1-2H3,(H,24,26)/b10-4+/t16-/m1/s1. The van der Waals surface area contributed by atoms with Gasteiger partial charge in [0.05, 0.1) is 26.4 Å². The Morgan fingerprint density at radius 2 is 1.87 bits per heavy atom. The number of halogens is 1. The van der Waals surface area contributed by atoms with E-state index in [-0.39, 0.29) is 41.5 Å². The lowest BCUT2D eigenvalue weighted by Crippen LogP contribution is -2.40. The highest BCUT2D eigenvalue weighted by Gasteiger charge is 2.29. The number of benzene rings is 2. The molecule has 1 fully saturated rings. The molecule has 1 aliphatic heterocycles. The van der Waals surface area contributed by atoms with Gasteiger partial charge in [0.2, 0.25) is 15.9 Å². The van der Waals surface area contributed by atoms with Gasteiger partial charge in [-0.3, -0.25) is 4.79 Å². The van der Waals surface area contributed by atoms with E-state index in [0.717, 1.165) is 5.56 Å². The van der Waals surface area contributed by atoms with Crippen molar-refractivity contribution in [2.24, 2.45) is 0 Å². The highest BCUT2D eigenvalue weighted by Crippen LogP contribution is 2.29. The molecule has 1 amide bonds. The SMILES string of the molecule is COc1ccc(/C=C/C(=O)N[C@H](C)c2ccc(F)cc2)cc1S(=O)(=O)N1CCOCC1. The van der Waals surface area contributed by atoms with Gasteiger partial charge in [-0.15, -0.1) is 0 Å². The molecule has 2 aromatic carbocycles. The molecule has 7 nitrogen and oxygen atoms in total. The second kappa shape index (κ2) is 10.0. The van der Waals surface area contributed by atoms with E-state index in [1.807, 2.05) is 0 Å². The smallest absolute Gasteiger partial charge is 0.246 e. The Bertz CT molecular complexity index is 1050. The first-order valence-corrected chi connectivity index (χ1v) is 11.3. The van der Waals surface area contributed by atoms with Crippen LogP contribution in [0.25, 0.3) is 6.08 Å². The summed E-state index contributed by atoms with van der Waals surface area (Å²) in [6.45, 7) is 3.02. The van der Waals surface area contributed by atoms with Crippen molar-refractivity contribution in [1.29, 1.82) is 0 Å². The molecule has 0 unspecified atom stereocenters. The summed E-state index contributed by atoms with van der Waals surface area (Å²) in [4.78, 5) is 12.3. The zero-order valence-electron chi connectivity index (χ0n) is 17.4. The number of carbonyl (C=O) groups is 1. The maximum absolute atomic E-state index is 13.1. The number of nitrogens with zero attached hydrogens (tertiary/aromatic N) is 1. The fourth-order valence-corrected chi connectivity index (χ4v) is 4.79. The van der Waals surface area contributed by atoms with Crippen molar-refractivity contribution < 1.29 is 27.1 Å². The number of carbonyl (C=O) groups excluding carboxylic acids is 1. The molecule has 0 aliphatic carbocycles. The summed E-state index contributed by atoms with van der Waals surface area (Å²) in [7, 11) is -2.35. The summed E-state index contributed by atoms with van der Waals surface area (Å²) in [5.74, 6) is -0.465. The minimum atomic E-state index is -3.76. The van der Waals surface area contributed by atoms with Gasteiger partial charge >= 0.3 is 0 Å². The van der Waals surface area contributed by atoms with Gasteiger partial charge in [-0.2, -0.15) is 4.31 Å². The molecule has 0 bridgehead atoms. The average molecular weight is 449 g/mol. The monoisotopic (exact) mass is 448 g/mol. The molecule has 31 heavy (non-hydrogen) atoms. The van der Waals surface area contributed by atoms with Gasteiger partial charge in [0, 0.05) is 19.2 Å². The Labute approximate surface area is 181 Å². The van der Waals surface area contributed by atoms with Gasteiger partial charge in [0.25, 0.3) is 0 Å². The number of hydrogen-bond donors (Lipinski definition) is 1. The summed E-state index contributed by atoms with van der Waals surface area (Å²) >= 11 is 0. The number of nitrogens with one attached hydrogen (secondary N) is 1. The maximum Gasteiger partial charge on any atom is 0.246 e. The third kappa shape index (κ3) is 5.69. The van der Waals surface area contributed by atoms with Crippen LogP contribution in [0, 0.1) is 5.82 Å². The van der Waals surface area contributed by atoms with Gasteiger partial charge in [0.1, 0.15) is 16.5 Å². The fourth-order valence-electron chi connectivity index (χ4n) is 3.19. The number of sulfonamides is 1. The molecule has 1 saturated heterocycles. The average Bonchev–Trinajstić information content (AvgIpc) is 2.78. The largest absolute Gasteiger partial charge is 0.495 e. The van der Waals surface area contributed by atoms with Crippen LogP contribution in [0.4, 0.5) is 4.39 Å². The normalized spacial score (nSPS) is 16.2. The van der Waals surface area contributed by atoms with Gasteiger partial charge in [-0.05, 0) is 48.4 Å². The Hall–Kier alpha value is -2.75. The Kier molecular flexibility index (Phi) is 7.42. The second-order valence-electron chi connectivity index (χ2n) is 7.04. The third-order valence-electron chi connectivity index (χ3n) is 4.93. The van der Waals surface area contributed by atoms with E-state index in [0.29, 0.717) is 18.8 Å². The highest BCUT2D eigenvalue weighted by atomic mass is 32.2. The Morgan fingerprint density at radius 3 is 2.52 bits per heavy atom. The molecule has 0 saturated carbocycles. The quantitative estimate of drug-likeness (QED) is 0.659. The van der Waals surface area contributed by atoms with Crippen molar-refractivity contribution in [1.82, 2.24) is 9.62 Å². The van der Waals surface area contributed by atoms with Gasteiger partial charge in [0.15, 0.2) is 0 Å². The predicted molar refractivity (Wildman–Crippen MR) is 115 cm³/mol. The van der Waals surface area contributed by atoms with Crippen molar-refractivity contribution in [2.45, 2.75) is 17.9 Å². The van der Waals surface area contributed by atoms with Crippen LogP contribution < -0.4 is 10.1 Å². The number of amides is 1. The summed E-state index contributed by atoms with van der Waals surface area (Å²) in [5, 5.41) is 2.79. The lowest BCUT2D eigenvalue weighted by molar-refractivity contribution is -0.117. The summed E-state index contributed by atoms with van der Waals surface area (Å²) in [6.07, 6.45) is 2.86. The van der Waals surface area contributed by atoms with Crippen LogP contribution in [0.3, 0.4) is 0 Å². The molecule has 0 aromatic heterocycles. The van der Waals surface area contributed by atoms with Crippen molar-refractivity contribution in [3.05, 3.63) is 65.5 Å². The molecule has 166 valence electrons. The topological polar surface area (TPSA) is 84.9 Å². The van der Waals surface area contributed by atoms with Crippen LogP contribution in [0.15, 0.2) is 53.4 Å². The molecule has 2 aromatic rings. The first-order chi connectivity index (χ1) is 14.8. The molecular formula is C22H25FN2O5S. The van der Waals surface area contributed by atoms with Crippen LogP contribution in [-0.4, -0.2) is 52.0 Å². The molecule has 1 heterocycles. The van der Waals surface area contributed by atoms with E-state index in [9.17, 15) is 17.6 Å². The van der Waals surface area contributed by atoms with Crippen LogP contribution >= 0.6 is 0 Å². The molecule has 9 heteroatoms. The molecule has 0 radical (unpaired) electrons. The first-order valence-electron chi connectivity index (χ1n) is 9.81. The summed E-state index contributed by atoms with van der Waals surface area (Å²) in [6, 6.07) is 10.3. The second-order valence-corrected chi connectivity index (χ2v) is 8.95. The molecule has 3 rings (SSSR count). The van der Waals surface area contributed by atoms with Crippen LogP contribution in [0.1, 0.15) is 24.1 Å². The highest BCUT2D eigenvalue weighted by molar-refractivity contribution is 7.89. The van der Waals surface area contributed by atoms with Gasteiger partial charge < -0.3 is 14.8 Å². The van der Waals surface area contributed by atoms with E-state index in [1.54, 1.807) is 31.2 Å². The van der Waals surface area contributed by atoms with Crippen molar-refractivity contribution in [2.75, 3.05) is 33.4 Å². The predicted octanol–water partition coefficient (Wildman–Crippen LogP) is 2.75. The first kappa shape index (κ1) is 22.9. The van der Waals surface area contributed by atoms with Crippen LogP contribution in [0.2, 0.25) is 0 Å². The van der Waals surface area contributed by atoms with Crippen molar-refractivity contribution in [3.8, 4) is 5.75 Å². The Morgan fingerprint density at radius 1 is 1.19 bits per heavy atom. The lowest BCUT2D eigenvalue weighted by atomic mass is 10.1. The number of rotatable bonds is 7. The number of hydrogen-bond acceptors (Lipinski definition) is 5. The van der Waals surface area contributed by atoms with E-state index < -0.39 is 10.0 Å². The number of methoxy groups -OCH3 is 1. The van der Waals surface area contributed by atoms with E-state index in [4.69, 9.17) is 9.47 Å². The van der Waals surface area contributed by atoms with Crippen LogP contribution in [0.5, 0.6) is 5.75 Å². The third-order valence-corrected chi connectivity index (χ3v) is 6.85. The maximum atomic E-state index is 13.1. The Balaban J connectivity index is 1.75. The molecule has 1 N–H and O–H groups in total. The fraction of sp³-hybridized carbons (Fsp3) is 0.318. The van der Waals surface area contributed by atoms with Crippen LogP contribution in [-0.2, 0) is 19.6 Å². The zero-order valence-corrected chi connectivity index (χ0v) is 18.2.